The highest BCUT2D eigenvalue weighted by molar-refractivity contribution is 7.15. The number of nitrogens with one attached hydrogen (secondary N) is 1. The Bertz CT molecular complexity index is 737. The molecule has 7 heteroatoms. The molecule has 0 aliphatic heterocycles. The molecule has 4 nitrogen and oxygen atoms in total. The number of halogens is 2. The lowest BCUT2D eigenvalue weighted by molar-refractivity contribution is -0.120. The van der Waals surface area contributed by atoms with E-state index in [9.17, 15) is 9.18 Å². The number of rotatable bonds is 4. The number of amides is 1. The van der Waals surface area contributed by atoms with Crippen LogP contribution in [0.5, 0.6) is 0 Å². The smallest absolute Gasteiger partial charge is 0.229 e. The highest BCUT2D eigenvalue weighted by Crippen LogP contribution is 2.28. The molecule has 0 spiro atoms. The molecule has 0 radical (unpaired) electrons. The van der Waals surface area contributed by atoms with Gasteiger partial charge in [-0.15, -0.1) is 23.7 Å². The van der Waals surface area contributed by atoms with Crippen molar-refractivity contribution in [1.82, 2.24) is 4.98 Å². The van der Waals surface area contributed by atoms with Gasteiger partial charge in [-0.05, 0) is 37.8 Å². The number of hydrogen-bond acceptors (Lipinski definition) is 4. The van der Waals surface area contributed by atoms with E-state index in [0.29, 0.717) is 17.1 Å². The van der Waals surface area contributed by atoms with Gasteiger partial charge < -0.3 is 11.1 Å². The van der Waals surface area contributed by atoms with E-state index in [2.05, 4.69) is 10.3 Å². The van der Waals surface area contributed by atoms with Crippen molar-refractivity contribution in [3.05, 3.63) is 46.2 Å². The molecule has 1 amide bonds. The molecule has 2 aromatic rings. The molecule has 0 bridgehead atoms. The molecule has 3 rings (SSSR count). The van der Waals surface area contributed by atoms with Crippen molar-refractivity contribution in [2.24, 2.45) is 11.7 Å². The third kappa shape index (κ3) is 5.00. The van der Waals surface area contributed by atoms with E-state index < -0.39 is 0 Å². The Kier molecular flexibility index (Phi) is 6.93. The second-order valence-corrected chi connectivity index (χ2v) is 7.49. The molecule has 1 aliphatic rings. The Morgan fingerprint density at radius 1 is 1.40 bits per heavy atom. The van der Waals surface area contributed by atoms with E-state index in [0.717, 1.165) is 36.3 Å². The lowest BCUT2D eigenvalue weighted by Crippen LogP contribution is -2.34. The number of anilines is 1. The molecule has 2 atom stereocenters. The predicted octanol–water partition coefficient (Wildman–Crippen LogP) is 4.06. The number of aryl methyl sites for hydroxylation is 1. The monoisotopic (exact) mass is 383 g/mol. The highest BCUT2D eigenvalue weighted by Gasteiger charge is 2.26. The van der Waals surface area contributed by atoms with Crippen molar-refractivity contribution in [3.8, 4) is 0 Å². The van der Waals surface area contributed by atoms with Crippen LogP contribution in [0.25, 0.3) is 0 Å². The number of aromatic nitrogens is 1. The number of hydrogen-bond donors (Lipinski definition) is 2. The molecule has 1 aromatic heterocycles. The first-order valence-corrected chi connectivity index (χ1v) is 9.10. The van der Waals surface area contributed by atoms with Gasteiger partial charge in [-0.25, -0.2) is 9.37 Å². The minimum absolute atomic E-state index is 0. The first-order chi connectivity index (χ1) is 11.5. The minimum atomic E-state index is -0.216. The number of nitrogens with zero attached hydrogens (tertiary/aromatic N) is 1. The van der Waals surface area contributed by atoms with E-state index in [-0.39, 0.29) is 36.1 Å². The van der Waals surface area contributed by atoms with Gasteiger partial charge in [0.25, 0.3) is 0 Å². The molecule has 25 heavy (non-hydrogen) atoms. The van der Waals surface area contributed by atoms with Crippen molar-refractivity contribution < 1.29 is 9.18 Å². The van der Waals surface area contributed by atoms with Crippen LogP contribution >= 0.6 is 23.7 Å². The lowest BCUT2D eigenvalue weighted by atomic mass is 9.86. The molecule has 1 fully saturated rings. The van der Waals surface area contributed by atoms with Crippen LogP contribution in [-0.2, 0) is 11.2 Å². The predicted molar refractivity (Wildman–Crippen MR) is 102 cm³/mol. The number of benzene rings is 1. The fraction of sp³-hybridized carbons (Fsp3) is 0.444. The van der Waals surface area contributed by atoms with Crippen LogP contribution in [0.4, 0.5) is 9.52 Å². The maximum Gasteiger partial charge on any atom is 0.229 e. The highest BCUT2D eigenvalue weighted by atomic mass is 35.5. The van der Waals surface area contributed by atoms with Crippen LogP contribution in [0.2, 0.25) is 0 Å². The topological polar surface area (TPSA) is 68.0 Å². The lowest BCUT2D eigenvalue weighted by Gasteiger charge is -2.25. The summed E-state index contributed by atoms with van der Waals surface area (Å²) >= 11 is 1.42. The summed E-state index contributed by atoms with van der Waals surface area (Å²) in [6, 6.07) is 6.85. The summed E-state index contributed by atoms with van der Waals surface area (Å²) in [5, 5.41) is 3.50. The molecule has 1 heterocycles. The van der Waals surface area contributed by atoms with Crippen molar-refractivity contribution in [2.45, 2.75) is 45.1 Å². The fourth-order valence-electron chi connectivity index (χ4n) is 3.13. The van der Waals surface area contributed by atoms with Gasteiger partial charge in [-0.3, -0.25) is 4.79 Å². The molecule has 2 unspecified atom stereocenters. The number of thiazole rings is 1. The van der Waals surface area contributed by atoms with Gasteiger partial charge in [0.2, 0.25) is 5.91 Å². The van der Waals surface area contributed by atoms with Gasteiger partial charge >= 0.3 is 0 Å². The zero-order chi connectivity index (χ0) is 17.1. The minimum Gasteiger partial charge on any atom is -0.328 e. The van der Waals surface area contributed by atoms with Crippen LogP contribution in [0, 0.1) is 18.7 Å². The Labute approximate surface area is 157 Å². The molecular formula is C18H23ClFN3OS. The van der Waals surface area contributed by atoms with E-state index in [1.165, 1.54) is 17.4 Å². The number of carbonyl (C=O) groups excluding carboxylic acids is 1. The van der Waals surface area contributed by atoms with E-state index in [4.69, 9.17) is 5.73 Å². The van der Waals surface area contributed by atoms with Gasteiger partial charge in [-0.1, -0.05) is 24.6 Å². The van der Waals surface area contributed by atoms with Crippen LogP contribution in [0.15, 0.2) is 24.3 Å². The first-order valence-electron chi connectivity index (χ1n) is 8.29. The van der Waals surface area contributed by atoms with Crippen molar-refractivity contribution >= 4 is 34.8 Å². The van der Waals surface area contributed by atoms with Crippen LogP contribution < -0.4 is 11.1 Å². The Balaban J connectivity index is 0.00000225. The summed E-state index contributed by atoms with van der Waals surface area (Å²) in [6.07, 6.45) is 4.09. The van der Waals surface area contributed by atoms with Crippen molar-refractivity contribution in [2.75, 3.05) is 5.32 Å². The summed E-state index contributed by atoms with van der Waals surface area (Å²) in [4.78, 5) is 17.8. The fourth-order valence-corrected chi connectivity index (χ4v) is 4.12. The van der Waals surface area contributed by atoms with Gasteiger partial charge in [0.1, 0.15) is 5.82 Å². The Morgan fingerprint density at radius 2 is 2.16 bits per heavy atom. The second kappa shape index (κ2) is 8.74. The zero-order valence-electron chi connectivity index (χ0n) is 14.1. The van der Waals surface area contributed by atoms with Gasteiger partial charge in [-0.2, -0.15) is 0 Å². The average Bonchev–Trinajstić information content (AvgIpc) is 2.89. The third-order valence-electron chi connectivity index (χ3n) is 4.52. The molecule has 1 saturated carbocycles. The van der Waals surface area contributed by atoms with Crippen molar-refractivity contribution in [1.29, 1.82) is 0 Å². The van der Waals surface area contributed by atoms with E-state index in [1.54, 1.807) is 12.1 Å². The van der Waals surface area contributed by atoms with Gasteiger partial charge in [0.15, 0.2) is 5.13 Å². The SMILES string of the molecule is Cc1nc(NC(=O)C2CCCC(N)C2)sc1Cc1ccccc1F.Cl. The summed E-state index contributed by atoms with van der Waals surface area (Å²) in [5.41, 5.74) is 7.43. The van der Waals surface area contributed by atoms with Gasteiger partial charge in [0, 0.05) is 23.3 Å². The number of nitrogens with two attached hydrogens (primary N) is 1. The number of carbonyl (C=O) groups is 1. The molecule has 1 aliphatic carbocycles. The molecular weight excluding hydrogens is 361 g/mol. The first kappa shape index (κ1) is 19.8. The summed E-state index contributed by atoms with van der Waals surface area (Å²) in [6.45, 7) is 1.89. The van der Waals surface area contributed by atoms with Crippen LogP contribution in [0.3, 0.4) is 0 Å². The standard InChI is InChI=1S/C18H22FN3OS.ClH/c1-11-16(10-12-5-2-3-8-15(12)19)24-18(21-11)22-17(23)13-6-4-7-14(20)9-13;/h2-3,5,8,13-14H,4,6-7,9-10,20H2,1H3,(H,21,22,23);1H. The largest absolute Gasteiger partial charge is 0.328 e. The molecule has 3 N–H and O–H groups in total. The quantitative estimate of drug-likeness (QED) is 0.836. The van der Waals surface area contributed by atoms with Crippen LogP contribution in [-0.4, -0.2) is 16.9 Å². The van der Waals surface area contributed by atoms with Crippen molar-refractivity contribution in [3.63, 3.8) is 0 Å². The third-order valence-corrected chi connectivity index (χ3v) is 5.59. The Hall–Kier alpha value is -1.50. The van der Waals surface area contributed by atoms with Gasteiger partial charge in [0.05, 0.1) is 5.69 Å². The molecule has 0 saturated heterocycles. The maximum absolute atomic E-state index is 13.8. The zero-order valence-corrected chi connectivity index (χ0v) is 15.8. The Morgan fingerprint density at radius 3 is 2.88 bits per heavy atom. The van der Waals surface area contributed by atoms with Crippen LogP contribution in [0.1, 0.15) is 41.8 Å². The molecule has 1 aromatic carbocycles. The normalized spacial score (nSPS) is 20.0. The average molecular weight is 384 g/mol. The van der Waals surface area contributed by atoms with E-state index >= 15 is 0 Å². The summed E-state index contributed by atoms with van der Waals surface area (Å²) in [5.74, 6) is -0.253. The summed E-state index contributed by atoms with van der Waals surface area (Å²) in [7, 11) is 0. The van der Waals surface area contributed by atoms with E-state index in [1.807, 2.05) is 13.0 Å². The second-order valence-electron chi connectivity index (χ2n) is 6.41. The molecule has 136 valence electrons. The summed E-state index contributed by atoms with van der Waals surface area (Å²) < 4.78 is 13.8. The maximum atomic E-state index is 13.8.